The zero-order valence-corrected chi connectivity index (χ0v) is 38.6. The third kappa shape index (κ3) is 24.8. The van der Waals surface area contributed by atoms with Crippen LogP contribution in [0, 0.1) is 22.7 Å². The molecule has 2 aromatic rings. The fraction of sp³-hybridized carbons (Fsp3) is 0.500. The molecule has 0 fully saturated rings. The molecule has 4 atom stereocenters. The number of nitrogens with zero attached hydrogens (tertiary/aromatic N) is 2. The van der Waals surface area contributed by atoms with Crippen molar-refractivity contribution in [1.82, 2.24) is 0 Å². The van der Waals surface area contributed by atoms with Gasteiger partial charge in [0, 0.05) is 36.4 Å². The standard InChI is InChI=1S/C40H48N2O12S6/c1-29(49-21-23-51-33(43)15-17-39(3,27-41)59-37(55)57-35(45)53-25-31-11-7-5-8-12-31)47-19-20-48-30(2)50-22-24-52-34(44)16-18-40(4,28-42)60-38(56)58-36(46)54-26-32-13-9-6-10-14-32/h5-14,29-30H,15-26H2,1-4H3/t29?,30?,39-,40?/m1/s1. The summed E-state index contributed by atoms with van der Waals surface area (Å²) in [4.78, 5) is 48.9. The number of thioether (sulfide) groups is 4. The first-order chi connectivity index (χ1) is 28.6. The fourth-order valence-corrected chi connectivity index (χ4v) is 9.49. The summed E-state index contributed by atoms with van der Waals surface area (Å²) in [6, 6.07) is 22.7. The van der Waals surface area contributed by atoms with E-state index < -0.39 is 44.6 Å². The number of ether oxygens (including phenoxy) is 8. The van der Waals surface area contributed by atoms with Gasteiger partial charge in [-0.05, 0) is 51.7 Å². The molecule has 0 saturated heterocycles. The maximum atomic E-state index is 12.3. The minimum atomic E-state index is -1.05. The van der Waals surface area contributed by atoms with E-state index in [4.69, 9.17) is 62.3 Å². The molecule has 2 rings (SSSR count). The van der Waals surface area contributed by atoms with Gasteiger partial charge in [-0.3, -0.25) is 9.59 Å². The molecule has 0 saturated carbocycles. The van der Waals surface area contributed by atoms with Crippen LogP contribution in [0.4, 0.5) is 9.59 Å². The Bertz CT molecular complexity index is 1640. The van der Waals surface area contributed by atoms with Crippen molar-refractivity contribution in [3.05, 3.63) is 71.8 Å². The molecule has 0 aromatic heterocycles. The third-order valence-electron chi connectivity index (χ3n) is 7.62. The van der Waals surface area contributed by atoms with Crippen molar-refractivity contribution in [2.24, 2.45) is 0 Å². The van der Waals surface area contributed by atoms with Gasteiger partial charge >= 0.3 is 22.5 Å². The van der Waals surface area contributed by atoms with E-state index in [0.29, 0.717) is 0 Å². The van der Waals surface area contributed by atoms with Gasteiger partial charge in [-0.1, -0.05) is 109 Å². The van der Waals surface area contributed by atoms with E-state index in [0.717, 1.165) is 58.2 Å². The summed E-state index contributed by atoms with van der Waals surface area (Å²) < 4.78 is 41.3. The number of hydrogen-bond acceptors (Lipinski definition) is 20. The van der Waals surface area contributed by atoms with Crippen LogP contribution in [0.5, 0.6) is 0 Å². The first kappa shape index (κ1) is 52.9. The molecule has 20 heteroatoms. The topological polar surface area (TPSA) is 190 Å². The highest BCUT2D eigenvalue weighted by atomic mass is 32.2. The Morgan fingerprint density at radius 3 is 1.25 bits per heavy atom. The van der Waals surface area contributed by atoms with Crippen LogP contribution < -0.4 is 0 Å². The van der Waals surface area contributed by atoms with E-state index in [1.807, 2.05) is 60.7 Å². The highest BCUT2D eigenvalue weighted by molar-refractivity contribution is 8.52. The summed E-state index contributed by atoms with van der Waals surface area (Å²) in [5.41, 5.74) is 1.68. The molecule has 326 valence electrons. The third-order valence-corrected chi connectivity index (χ3v) is 12.3. The second-order valence-corrected chi connectivity index (χ2v) is 20.0. The van der Waals surface area contributed by atoms with Gasteiger partial charge in [0.25, 0.3) is 0 Å². The molecule has 0 radical (unpaired) electrons. The molecular weight excluding hydrogens is 893 g/mol. The lowest BCUT2D eigenvalue weighted by molar-refractivity contribution is -0.179. The summed E-state index contributed by atoms with van der Waals surface area (Å²) in [6.45, 7) is 7.34. The number of esters is 2. The Morgan fingerprint density at radius 2 is 0.917 bits per heavy atom. The van der Waals surface area contributed by atoms with Crippen LogP contribution in [0.2, 0.25) is 0 Å². The lowest BCUT2D eigenvalue weighted by Crippen LogP contribution is -2.24. The van der Waals surface area contributed by atoms with Gasteiger partial charge in [-0.25, -0.2) is 9.59 Å². The van der Waals surface area contributed by atoms with E-state index in [1.165, 1.54) is 0 Å². The van der Waals surface area contributed by atoms with Gasteiger partial charge in [0.15, 0.2) is 12.6 Å². The molecule has 2 aromatic carbocycles. The maximum absolute atomic E-state index is 12.3. The molecule has 0 spiro atoms. The largest absolute Gasteiger partial charge is 0.463 e. The average molecular weight is 941 g/mol. The zero-order chi connectivity index (χ0) is 44.2. The number of thiocarbonyl (C=S) groups is 2. The zero-order valence-electron chi connectivity index (χ0n) is 33.7. The monoisotopic (exact) mass is 940 g/mol. The normalized spacial score (nSPS) is 13.8. The van der Waals surface area contributed by atoms with Crippen molar-refractivity contribution in [2.45, 2.75) is 88.7 Å². The molecule has 0 aliphatic heterocycles. The van der Waals surface area contributed by atoms with Gasteiger partial charge in [-0.2, -0.15) is 10.5 Å². The number of hydrogen-bond donors (Lipinski definition) is 0. The minimum absolute atomic E-state index is 0.0197. The van der Waals surface area contributed by atoms with E-state index >= 15 is 0 Å². The summed E-state index contributed by atoms with van der Waals surface area (Å²) in [5, 5.41) is 18.3. The second kappa shape index (κ2) is 29.9. The average Bonchev–Trinajstić information content (AvgIpc) is 3.23. The van der Waals surface area contributed by atoms with Gasteiger partial charge in [0.2, 0.25) is 0 Å². The van der Waals surface area contributed by atoms with Crippen LogP contribution in [-0.4, -0.2) is 91.3 Å². The Morgan fingerprint density at radius 1 is 0.583 bits per heavy atom. The van der Waals surface area contributed by atoms with Crippen molar-refractivity contribution in [3.8, 4) is 12.1 Å². The Hall–Kier alpha value is -3.28. The van der Waals surface area contributed by atoms with Crippen LogP contribution in [-0.2, 0) is 60.7 Å². The van der Waals surface area contributed by atoms with Crippen molar-refractivity contribution in [1.29, 1.82) is 10.5 Å². The summed E-state index contributed by atoms with van der Waals surface area (Å²) >= 11 is 14.0. The molecule has 0 bridgehead atoms. The van der Waals surface area contributed by atoms with Crippen molar-refractivity contribution >= 4 is 101 Å². The van der Waals surface area contributed by atoms with Crippen molar-refractivity contribution in [2.75, 3.05) is 39.6 Å². The summed E-state index contributed by atoms with van der Waals surface area (Å²) in [6.07, 6.45) is -1.01. The molecule has 0 heterocycles. The summed E-state index contributed by atoms with van der Waals surface area (Å²) in [7, 11) is 0. The van der Waals surface area contributed by atoms with Crippen LogP contribution >= 0.6 is 71.5 Å². The van der Waals surface area contributed by atoms with E-state index in [9.17, 15) is 29.7 Å². The second-order valence-electron chi connectivity index (χ2n) is 12.7. The van der Waals surface area contributed by atoms with Crippen LogP contribution in [0.1, 0.15) is 64.5 Å². The maximum Gasteiger partial charge on any atom is 0.373 e. The first-order valence-electron chi connectivity index (χ1n) is 18.5. The predicted molar refractivity (Wildman–Crippen MR) is 240 cm³/mol. The van der Waals surface area contributed by atoms with Gasteiger partial charge < -0.3 is 37.9 Å². The predicted octanol–water partition coefficient (Wildman–Crippen LogP) is 9.13. The van der Waals surface area contributed by atoms with Crippen LogP contribution in [0.15, 0.2) is 60.7 Å². The Labute approximate surface area is 378 Å². The molecule has 0 N–H and O–H groups in total. The lowest BCUT2D eigenvalue weighted by atomic mass is 10.1. The SMILES string of the molecule is CC(OCCOC(=O)CCC(C)(C#N)SC(=S)SC(=O)OCc1ccccc1)OCCOC(C)OCCOC(=O)CC[C@](C)(C#N)SC(=S)SC(=O)OCc1ccccc1. The van der Waals surface area contributed by atoms with Gasteiger partial charge in [0.05, 0.1) is 38.6 Å². The molecule has 60 heavy (non-hydrogen) atoms. The van der Waals surface area contributed by atoms with Gasteiger partial charge in [0.1, 0.15) is 43.0 Å². The molecule has 0 aliphatic rings. The van der Waals surface area contributed by atoms with Gasteiger partial charge in [-0.15, -0.1) is 0 Å². The van der Waals surface area contributed by atoms with E-state index in [1.54, 1.807) is 27.7 Å². The Kier molecular flexibility index (Phi) is 26.3. The number of carbonyl (C=O) groups is 4. The first-order valence-corrected chi connectivity index (χ1v) is 22.6. The Balaban J connectivity index is 1.49. The molecule has 3 unspecified atom stereocenters. The number of benzene rings is 2. The smallest absolute Gasteiger partial charge is 0.373 e. The van der Waals surface area contributed by atoms with Crippen molar-refractivity contribution < 1.29 is 57.1 Å². The highest BCUT2D eigenvalue weighted by Gasteiger charge is 2.30. The van der Waals surface area contributed by atoms with Crippen LogP contribution in [0.25, 0.3) is 0 Å². The fourth-order valence-electron chi connectivity index (χ4n) is 4.39. The van der Waals surface area contributed by atoms with Crippen molar-refractivity contribution in [3.63, 3.8) is 0 Å². The molecule has 14 nitrogen and oxygen atoms in total. The molecule has 0 amide bonds. The minimum Gasteiger partial charge on any atom is -0.463 e. The summed E-state index contributed by atoms with van der Waals surface area (Å²) in [5.74, 6) is -1.03. The number of carbonyl (C=O) groups excluding carboxylic acids is 4. The number of nitriles is 2. The quantitative estimate of drug-likeness (QED) is 0.0301. The number of rotatable bonds is 25. The van der Waals surface area contributed by atoms with E-state index in [-0.39, 0.29) is 85.6 Å². The highest BCUT2D eigenvalue weighted by Crippen LogP contribution is 2.36. The molecular formula is C40H48N2O12S6. The van der Waals surface area contributed by atoms with Crippen LogP contribution in [0.3, 0.4) is 0 Å². The van der Waals surface area contributed by atoms with E-state index in [2.05, 4.69) is 12.1 Å². The lowest BCUT2D eigenvalue weighted by Gasteiger charge is -2.20. The molecule has 0 aliphatic carbocycles.